The average Bonchev–Trinajstić information content (AvgIpc) is 2.52. The maximum Gasteiger partial charge on any atom is 0.173 e. The van der Waals surface area contributed by atoms with Gasteiger partial charge in [0.25, 0.3) is 0 Å². The van der Waals surface area contributed by atoms with Gasteiger partial charge in [-0.15, -0.1) is 11.8 Å². The van der Waals surface area contributed by atoms with Gasteiger partial charge in [0.05, 0.1) is 11.3 Å². The normalized spacial score (nSPS) is 10.7. The highest BCUT2D eigenvalue weighted by atomic mass is 35.5. The Kier molecular flexibility index (Phi) is 4.23. The molecule has 0 aliphatic carbocycles. The van der Waals surface area contributed by atoms with E-state index < -0.39 is 0 Å². The number of thioether (sulfide) groups is 1. The van der Waals surface area contributed by atoms with Crippen molar-refractivity contribution in [3.05, 3.63) is 71.4 Å². The molecule has 21 heavy (non-hydrogen) atoms. The molecule has 0 radical (unpaired) electrons. The molecule has 0 aliphatic rings. The van der Waals surface area contributed by atoms with Crippen molar-refractivity contribution in [2.45, 2.75) is 4.90 Å². The molecule has 0 unspecified atom stereocenters. The zero-order valence-electron chi connectivity index (χ0n) is 11.1. The number of ketones is 1. The minimum atomic E-state index is 0.103. The summed E-state index contributed by atoms with van der Waals surface area (Å²) in [7, 11) is 0. The zero-order valence-corrected chi connectivity index (χ0v) is 12.7. The second kappa shape index (κ2) is 6.29. The number of hydrogen-bond donors (Lipinski definition) is 0. The van der Waals surface area contributed by atoms with Gasteiger partial charge in [-0.25, -0.2) is 0 Å². The lowest BCUT2D eigenvalue weighted by Gasteiger charge is -2.04. The maximum atomic E-state index is 12.3. The van der Waals surface area contributed by atoms with Crippen molar-refractivity contribution in [2.75, 3.05) is 5.75 Å². The Bertz CT molecular complexity index is 803. The van der Waals surface area contributed by atoms with Crippen molar-refractivity contribution in [3.63, 3.8) is 0 Å². The van der Waals surface area contributed by atoms with Crippen LogP contribution in [0.5, 0.6) is 0 Å². The summed E-state index contributed by atoms with van der Waals surface area (Å²) in [5.41, 5.74) is 1.61. The number of fused-ring (bicyclic) bond motifs is 1. The van der Waals surface area contributed by atoms with Crippen LogP contribution in [-0.2, 0) is 0 Å². The van der Waals surface area contributed by atoms with Crippen LogP contribution >= 0.6 is 23.4 Å². The van der Waals surface area contributed by atoms with Crippen molar-refractivity contribution >= 4 is 40.0 Å². The second-order valence-electron chi connectivity index (χ2n) is 4.58. The van der Waals surface area contributed by atoms with E-state index in [9.17, 15) is 4.79 Å². The van der Waals surface area contributed by atoms with Gasteiger partial charge >= 0.3 is 0 Å². The van der Waals surface area contributed by atoms with Gasteiger partial charge in [-0.3, -0.25) is 9.78 Å². The van der Waals surface area contributed by atoms with Gasteiger partial charge in [-0.2, -0.15) is 0 Å². The predicted octanol–water partition coefficient (Wildman–Crippen LogP) is 4.86. The fourth-order valence-corrected chi connectivity index (χ4v) is 3.14. The largest absolute Gasteiger partial charge is 0.293 e. The number of benzene rings is 2. The lowest BCUT2D eigenvalue weighted by molar-refractivity contribution is 0.102. The lowest BCUT2D eigenvalue weighted by atomic mass is 10.1. The number of carbonyl (C=O) groups is 1. The summed E-state index contributed by atoms with van der Waals surface area (Å²) in [6.07, 6.45) is 1.75. The van der Waals surface area contributed by atoms with Crippen LogP contribution in [0, 0.1) is 0 Å². The summed E-state index contributed by atoms with van der Waals surface area (Å²) in [6.45, 7) is 0. The van der Waals surface area contributed by atoms with Gasteiger partial charge in [0.15, 0.2) is 5.78 Å². The molecule has 0 atom stereocenters. The van der Waals surface area contributed by atoms with Gasteiger partial charge in [0.2, 0.25) is 0 Å². The first-order chi connectivity index (χ1) is 10.2. The van der Waals surface area contributed by atoms with Crippen LogP contribution in [0.15, 0.2) is 65.7 Å². The van der Waals surface area contributed by atoms with Crippen LogP contribution in [0.2, 0.25) is 5.02 Å². The Morgan fingerprint density at radius 3 is 2.86 bits per heavy atom. The number of carbonyl (C=O) groups excluding carboxylic acids is 1. The molecule has 0 saturated heterocycles. The summed E-state index contributed by atoms with van der Waals surface area (Å²) in [6, 6.07) is 17.0. The summed E-state index contributed by atoms with van der Waals surface area (Å²) in [5, 5.41) is 1.67. The van der Waals surface area contributed by atoms with Crippen molar-refractivity contribution in [3.8, 4) is 0 Å². The highest BCUT2D eigenvalue weighted by Gasteiger charge is 2.08. The van der Waals surface area contributed by atoms with Crippen LogP contribution in [0.25, 0.3) is 10.9 Å². The molecule has 2 nitrogen and oxygen atoms in total. The van der Waals surface area contributed by atoms with E-state index in [0.717, 1.165) is 15.8 Å². The van der Waals surface area contributed by atoms with Crippen molar-refractivity contribution in [2.24, 2.45) is 0 Å². The Labute approximate surface area is 132 Å². The van der Waals surface area contributed by atoms with Gasteiger partial charge in [-0.1, -0.05) is 23.7 Å². The van der Waals surface area contributed by atoms with Gasteiger partial charge in [0.1, 0.15) is 0 Å². The topological polar surface area (TPSA) is 30.0 Å². The average molecular weight is 314 g/mol. The van der Waals surface area contributed by atoms with Crippen LogP contribution in [0.3, 0.4) is 0 Å². The minimum absolute atomic E-state index is 0.103. The Morgan fingerprint density at radius 2 is 2.00 bits per heavy atom. The Hall–Kier alpha value is -1.84. The molecule has 0 N–H and O–H groups in total. The molecule has 0 amide bonds. The maximum absolute atomic E-state index is 12.3. The fourth-order valence-electron chi connectivity index (χ4n) is 2.04. The molecule has 3 aromatic rings. The fraction of sp³-hybridized carbons (Fsp3) is 0.0588. The summed E-state index contributed by atoms with van der Waals surface area (Å²) >= 11 is 7.43. The van der Waals surface area contributed by atoms with Crippen molar-refractivity contribution in [1.29, 1.82) is 0 Å². The highest BCUT2D eigenvalue weighted by Crippen LogP contribution is 2.23. The third-order valence-corrected chi connectivity index (χ3v) is 4.32. The van der Waals surface area contributed by atoms with Crippen LogP contribution < -0.4 is 0 Å². The number of rotatable bonds is 4. The molecule has 104 valence electrons. The number of halogens is 1. The molecule has 0 fully saturated rings. The molecular weight excluding hydrogens is 302 g/mol. The molecule has 4 heteroatoms. The van der Waals surface area contributed by atoms with Gasteiger partial charge < -0.3 is 0 Å². The zero-order chi connectivity index (χ0) is 14.7. The first-order valence-electron chi connectivity index (χ1n) is 6.49. The Morgan fingerprint density at radius 1 is 1.10 bits per heavy atom. The Balaban J connectivity index is 1.74. The number of pyridine rings is 1. The minimum Gasteiger partial charge on any atom is -0.293 e. The lowest BCUT2D eigenvalue weighted by Crippen LogP contribution is -2.02. The molecule has 3 rings (SSSR count). The molecule has 0 saturated carbocycles. The van der Waals surface area contributed by atoms with E-state index in [0.29, 0.717) is 16.3 Å². The standard InChI is InChI=1S/C17H12ClNOS/c18-14-4-1-5-15(10-14)21-11-17(20)13-6-7-16-12(9-13)3-2-8-19-16/h1-10H,11H2. The molecular formula is C17H12ClNOS. The molecule has 2 aromatic carbocycles. The van der Waals surface area contributed by atoms with Crippen molar-refractivity contribution in [1.82, 2.24) is 4.98 Å². The summed E-state index contributed by atoms with van der Waals surface area (Å²) in [5.74, 6) is 0.497. The van der Waals surface area contributed by atoms with Crippen LogP contribution in [0.4, 0.5) is 0 Å². The van der Waals surface area contributed by atoms with E-state index >= 15 is 0 Å². The summed E-state index contributed by atoms with van der Waals surface area (Å²) < 4.78 is 0. The predicted molar refractivity (Wildman–Crippen MR) is 88.2 cm³/mol. The van der Waals surface area contributed by atoms with E-state index in [1.165, 1.54) is 11.8 Å². The monoisotopic (exact) mass is 313 g/mol. The molecule has 1 aromatic heterocycles. The van der Waals surface area contributed by atoms with Crippen LogP contribution in [-0.4, -0.2) is 16.5 Å². The van der Waals surface area contributed by atoms with E-state index in [2.05, 4.69) is 4.98 Å². The van der Waals surface area contributed by atoms with E-state index in [1.54, 1.807) is 6.20 Å². The molecule has 1 heterocycles. The van der Waals surface area contributed by atoms with Gasteiger partial charge in [-0.05, 0) is 42.5 Å². The second-order valence-corrected chi connectivity index (χ2v) is 6.07. The number of hydrogen-bond acceptors (Lipinski definition) is 3. The van der Waals surface area contributed by atoms with Gasteiger partial charge in [0, 0.05) is 27.1 Å². The number of nitrogens with zero attached hydrogens (tertiary/aromatic N) is 1. The molecule has 0 aliphatic heterocycles. The molecule has 0 bridgehead atoms. The van der Waals surface area contributed by atoms with Crippen LogP contribution in [0.1, 0.15) is 10.4 Å². The first kappa shape index (κ1) is 14.1. The van der Waals surface area contributed by atoms with E-state index in [4.69, 9.17) is 11.6 Å². The quantitative estimate of drug-likeness (QED) is 0.509. The molecule has 0 spiro atoms. The first-order valence-corrected chi connectivity index (χ1v) is 7.85. The van der Waals surface area contributed by atoms with E-state index in [-0.39, 0.29) is 5.78 Å². The third-order valence-electron chi connectivity index (χ3n) is 3.09. The smallest absolute Gasteiger partial charge is 0.173 e. The summed E-state index contributed by atoms with van der Waals surface area (Å²) in [4.78, 5) is 17.5. The highest BCUT2D eigenvalue weighted by molar-refractivity contribution is 8.00. The number of Topliss-reactive ketones (excluding diaryl/α,β-unsaturated/α-hetero) is 1. The number of aromatic nitrogens is 1. The third kappa shape index (κ3) is 3.43. The van der Waals surface area contributed by atoms with E-state index in [1.807, 2.05) is 54.6 Å². The van der Waals surface area contributed by atoms with Crippen molar-refractivity contribution < 1.29 is 4.79 Å². The SMILES string of the molecule is O=C(CSc1cccc(Cl)c1)c1ccc2ncccc2c1.